The number of nitrogens with two attached hydrogens (primary N) is 2. The van der Waals surface area contributed by atoms with Crippen molar-refractivity contribution < 1.29 is 94.7 Å². The molecule has 616 valence electrons. The summed E-state index contributed by atoms with van der Waals surface area (Å²) in [5.74, 6) is -4.62. The number of unbranched alkanes of at least 4 members (excludes halogenated alkanes) is 2. The van der Waals surface area contributed by atoms with Crippen molar-refractivity contribution in [3.05, 3.63) is 146 Å². The summed E-state index contributed by atoms with van der Waals surface area (Å²) in [5, 5.41) is 5.43. The standard InChI is InChI=1S/C83H116N8O20Si2/c1-17-40-88(78(98)74(94)64(84)36-38-72(92)106-44-19-3)58-32-28-56(29-33-58)52-108-80(100)86-66-50-70(68(102-11)48-62(66)76(96)90-42-24-26-60(90)54-110-112(13,14)82(5,6)7)104-46-22-21-23-47-105-71-51-67(63(49-69(71)103-12)77(97)91-43-25-27-61(91)55-111-113(15,16)83(8,9)10)87-81(101)109-53-57-30-34-59(35-31-57)89(41-18-2)79(99)75(95)65(85)37-39-73(93)107-45-20-4/h17-20,28-35,48-51,60-61,64-65H,1-4,21-27,36-47,52-55,84-85H2,5-16H3,(H,86,100)(H,87,101)/t60-,61?,64-,65-/m0/s1. The summed E-state index contributed by atoms with van der Waals surface area (Å²) in [7, 11) is -1.52. The number of hydrogen-bond acceptors (Lipinski definition) is 22. The Morgan fingerprint density at radius 1 is 0.522 bits per heavy atom. The fourth-order valence-electron chi connectivity index (χ4n) is 11.7. The number of carbonyl (C=O) groups excluding carboxylic acids is 10. The van der Waals surface area contributed by atoms with Gasteiger partial charge >= 0.3 is 24.1 Å². The third-order valence-corrected chi connectivity index (χ3v) is 29.5. The van der Waals surface area contributed by atoms with E-state index in [-0.39, 0.29) is 158 Å². The Hall–Kier alpha value is -9.99. The van der Waals surface area contributed by atoms with E-state index in [1.165, 1.54) is 72.6 Å². The minimum absolute atomic E-state index is 0.00287. The van der Waals surface area contributed by atoms with Gasteiger partial charge in [-0.2, -0.15) is 0 Å². The summed E-state index contributed by atoms with van der Waals surface area (Å²) in [6.07, 6.45) is 7.80. The van der Waals surface area contributed by atoms with E-state index in [9.17, 15) is 47.9 Å². The van der Waals surface area contributed by atoms with E-state index >= 15 is 0 Å². The van der Waals surface area contributed by atoms with Gasteiger partial charge in [-0.3, -0.25) is 49.0 Å². The van der Waals surface area contributed by atoms with Crippen LogP contribution in [0.5, 0.6) is 23.0 Å². The number of methoxy groups -OCH3 is 2. The van der Waals surface area contributed by atoms with E-state index in [2.05, 4.69) is 105 Å². The Bertz CT molecular complexity index is 3750. The number of likely N-dealkylation sites (tertiary alicyclic amines) is 2. The van der Waals surface area contributed by atoms with Crippen molar-refractivity contribution in [2.24, 2.45) is 11.5 Å². The molecule has 2 aliphatic heterocycles. The summed E-state index contributed by atoms with van der Waals surface area (Å²) in [5.41, 5.74) is 14.2. The van der Waals surface area contributed by atoms with Crippen molar-refractivity contribution in [3.63, 3.8) is 0 Å². The van der Waals surface area contributed by atoms with Crippen molar-refractivity contribution in [2.75, 3.05) is 100 Å². The van der Waals surface area contributed by atoms with Crippen LogP contribution in [0.2, 0.25) is 36.3 Å². The van der Waals surface area contributed by atoms with Gasteiger partial charge in [0.15, 0.2) is 39.6 Å². The number of benzene rings is 4. The van der Waals surface area contributed by atoms with Gasteiger partial charge in [0, 0.05) is 62.5 Å². The second-order valence-electron chi connectivity index (χ2n) is 30.7. The van der Waals surface area contributed by atoms with Gasteiger partial charge in [0.2, 0.25) is 11.6 Å². The molecule has 6 rings (SSSR count). The highest BCUT2D eigenvalue weighted by atomic mass is 28.4. The normalized spacial score (nSPS) is 14.8. The van der Waals surface area contributed by atoms with Gasteiger partial charge in [0.25, 0.3) is 23.6 Å². The van der Waals surface area contributed by atoms with Crippen LogP contribution in [0.4, 0.5) is 32.3 Å². The maximum Gasteiger partial charge on any atom is 0.411 e. The van der Waals surface area contributed by atoms with Gasteiger partial charge < -0.3 is 77.8 Å². The molecule has 0 radical (unpaired) electrons. The third-order valence-electron chi connectivity index (χ3n) is 20.5. The summed E-state index contributed by atoms with van der Waals surface area (Å²) < 4.78 is 59.0. The van der Waals surface area contributed by atoms with Crippen molar-refractivity contribution in [1.82, 2.24) is 9.80 Å². The molecule has 6 amide bonds. The molecule has 2 saturated heterocycles. The second kappa shape index (κ2) is 43.3. The number of nitrogens with zero attached hydrogens (tertiary/aromatic N) is 4. The molecular formula is C83H116N8O20Si2. The smallest absolute Gasteiger partial charge is 0.411 e. The first-order valence-electron chi connectivity index (χ1n) is 38.2. The number of amides is 6. The van der Waals surface area contributed by atoms with E-state index in [1.807, 2.05) is 0 Å². The number of nitrogens with one attached hydrogen (secondary N) is 2. The van der Waals surface area contributed by atoms with Crippen LogP contribution in [0.1, 0.15) is 144 Å². The van der Waals surface area contributed by atoms with Crippen LogP contribution in [-0.2, 0) is 69.8 Å². The highest BCUT2D eigenvalue weighted by Gasteiger charge is 2.42. The highest BCUT2D eigenvalue weighted by Crippen LogP contribution is 2.41. The van der Waals surface area contributed by atoms with Gasteiger partial charge in [-0.25, -0.2) is 9.59 Å². The molecule has 6 N–H and O–H groups in total. The van der Waals surface area contributed by atoms with E-state index in [4.69, 9.17) is 58.2 Å². The number of anilines is 4. The van der Waals surface area contributed by atoms with Crippen LogP contribution in [0.25, 0.3) is 0 Å². The fourth-order valence-corrected chi connectivity index (χ4v) is 13.8. The van der Waals surface area contributed by atoms with Crippen molar-refractivity contribution in [2.45, 2.75) is 186 Å². The van der Waals surface area contributed by atoms with E-state index in [1.54, 1.807) is 58.3 Å². The first-order valence-corrected chi connectivity index (χ1v) is 44.0. The molecule has 2 heterocycles. The lowest BCUT2D eigenvalue weighted by molar-refractivity contribution is -0.144. The minimum Gasteiger partial charge on any atom is -0.493 e. The average Bonchev–Trinajstić information content (AvgIpc) is 1.79. The molecule has 0 aliphatic carbocycles. The minimum atomic E-state index is -2.21. The molecule has 1 unspecified atom stereocenters. The molecule has 0 aromatic heterocycles. The monoisotopic (exact) mass is 1600 g/mol. The molecule has 4 aromatic carbocycles. The van der Waals surface area contributed by atoms with E-state index in [0.717, 1.165) is 12.8 Å². The Morgan fingerprint density at radius 3 is 1.21 bits per heavy atom. The van der Waals surface area contributed by atoms with Gasteiger partial charge in [0.1, 0.15) is 26.4 Å². The topological polar surface area (TPSA) is 352 Å². The van der Waals surface area contributed by atoms with Crippen LogP contribution < -0.4 is 50.8 Å². The molecule has 0 bridgehead atoms. The van der Waals surface area contributed by atoms with Gasteiger partial charge in [-0.05, 0) is 142 Å². The number of ketones is 2. The summed E-state index contributed by atoms with van der Waals surface area (Å²) in [4.78, 5) is 141. The van der Waals surface area contributed by atoms with Crippen molar-refractivity contribution in [3.8, 4) is 23.0 Å². The second-order valence-corrected chi connectivity index (χ2v) is 40.3. The molecule has 2 fully saturated rings. The predicted octanol–water partition coefficient (Wildman–Crippen LogP) is 12.9. The predicted molar refractivity (Wildman–Crippen MR) is 438 cm³/mol. The molecule has 113 heavy (non-hydrogen) atoms. The molecule has 30 heteroatoms. The van der Waals surface area contributed by atoms with Gasteiger partial charge in [-0.1, -0.05) is 103 Å². The molecule has 4 aromatic rings. The highest BCUT2D eigenvalue weighted by molar-refractivity contribution is 6.74. The lowest BCUT2D eigenvalue weighted by atomic mass is 10.1. The van der Waals surface area contributed by atoms with Crippen molar-refractivity contribution >= 4 is 98.7 Å². The van der Waals surface area contributed by atoms with Crippen LogP contribution in [0.3, 0.4) is 0 Å². The molecule has 2 aliphatic rings. The van der Waals surface area contributed by atoms with Gasteiger partial charge in [0.05, 0.1) is 87.3 Å². The zero-order valence-corrected chi connectivity index (χ0v) is 69.7. The van der Waals surface area contributed by atoms with Crippen LogP contribution in [0.15, 0.2) is 123 Å². The first-order chi connectivity index (χ1) is 53.5. The number of hydrogen-bond donors (Lipinski definition) is 4. The van der Waals surface area contributed by atoms with E-state index < -0.39 is 76.2 Å². The van der Waals surface area contributed by atoms with E-state index in [0.29, 0.717) is 80.9 Å². The zero-order valence-electron chi connectivity index (χ0n) is 67.7. The van der Waals surface area contributed by atoms with Crippen LogP contribution in [0, 0.1) is 0 Å². The SMILES string of the molecule is C=CCOC(=O)CC[C@H](N)C(=O)C(=O)N(CC=C)c1ccc(COC(=O)Nc2cc(OCCCCCOc3cc(NC(=O)OCc4ccc(N(CC=C)C(=O)C(=O)[C@@H](N)CCC(=O)OCC=C)cc4)c(C(=O)N4CCC[C@H]4CO[Si](C)(C)C(C)(C)C)cc3OC)c(OC)cc2C(=O)N2CCCC2CO[Si](C)(C)C(C)(C)C)cc1. The first kappa shape index (κ1) is 91.9. The quantitative estimate of drug-likeness (QED) is 0.00798. The lowest BCUT2D eigenvalue weighted by Crippen LogP contribution is -2.46. The molecule has 28 nitrogen and oxygen atoms in total. The number of esters is 2. The zero-order chi connectivity index (χ0) is 83.4. The number of Topliss-reactive ketones (excluding diaryl/α,β-unsaturated/α-hetero) is 2. The maximum absolute atomic E-state index is 14.9. The fraction of sp³-hybridized carbons (Fsp3) is 0.494. The summed E-state index contributed by atoms with van der Waals surface area (Å²) in [6, 6.07) is 15.8. The molecule has 4 atom stereocenters. The lowest BCUT2D eigenvalue weighted by Gasteiger charge is -2.38. The molecule has 0 spiro atoms. The Labute approximate surface area is 666 Å². The number of ether oxygens (including phenoxy) is 8. The molecule has 0 saturated carbocycles. The van der Waals surface area contributed by atoms with Crippen molar-refractivity contribution in [1.29, 1.82) is 0 Å². The Morgan fingerprint density at radius 2 is 0.885 bits per heavy atom. The summed E-state index contributed by atoms with van der Waals surface area (Å²) >= 11 is 0. The third kappa shape index (κ3) is 26.6. The average molecular weight is 1600 g/mol. The molecular weight excluding hydrogens is 1490 g/mol. The van der Waals surface area contributed by atoms with Crippen LogP contribution in [-0.4, -0.2) is 190 Å². The largest absolute Gasteiger partial charge is 0.493 e. The van der Waals surface area contributed by atoms with Crippen LogP contribution >= 0.6 is 0 Å². The number of rotatable bonds is 44. The van der Waals surface area contributed by atoms with Gasteiger partial charge in [-0.15, -0.1) is 13.2 Å². The maximum atomic E-state index is 14.9. The number of carbonyl (C=O) groups is 10. The Balaban J connectivity index is 1.17. The summed E-state index contributed by atoms with van der Waals surface area (Å²) in [6.45, 7) is 37.3. The Kier molecular flexibility index (Phi) is 35.2.